The van der Waals surface area contributed by atoms with Crippen molar-refractivity contribution in [1.29, 1.82) is 0 Å². The molecule has 41 heavy (non-hydrogen) atoms. The molecule has 4 nitrogen and oxygen atoms in total. The Balaban J connectivity index is 1.41. The van der Waals surface area contributed by atoms with Crippen LogP contribution in [0.25, 0.3) is 0 Å². The van der Waals surface area contributed by atoms with E-state index in [0.29, 0.717) is 23.9 Å². The number of fused-ring (bicyclic) bond motifs is 7. The molecule has 0 heterocycles. The Bertz CT molecular complexity index is 1300. The zero-order chi connectivity index (χ0) is 29.8. The molecule has 5 aliphatic carbocycles. The molecule has 1 amide bonds. The summed E-state index contributed by atoms with van der Waals surface area (Å²) in [6.45, 7) is 16.3. The third kappa shape index (κ3) is 3.79. The van der Waals surface area contributed by atoms with Crippen LogP contribution in [0.1, 0.15) is 106 Å². The molecule has 8 atom stereocenters. The Kier molecular flexibility index (Phi) is 6.56. The molecule has 0 bridgehead atoms. The zero-order valence-corrected chi connectivity index (χ0v) is 26.2. The van der Waals surface area contributed by atoms with Crippen molar-refractivity contribution in [3.05, 3.63) is 41.2 Å². The molecule has 0 spiro atoms. The highest BCUT2D eigenvalue weighted by Crippen LogP contribution is 2.76. The minimum Gasteiger partial charge on any atom is -0.393 e. The van der Waals surface area contributed by atoms with Crippen LogP contribution in [0.3, 0.4) is 0 Å². The van der Waals surface area contributed by atoms with E-state index in [-0.39, 0.29) is 63.5 Å². The average molecular weight is 564 g/mol. The molecule has 0 saturated heterocycles. The maximum absolute atomic E-state index is 14.2. The Hall–Kier alpha value is -2.01. The molecular weight excluding hydrogens is 513 g/mol. The number of allylic oxidation sites excluding steroid dienone is 1. The standard InChI is InChI=1S/C36H50FNO3/c1-21(2)29-25(39)20-36(31(41)38-23-10-8-22(37)9-11-23)19-18-34(6)24(30(29)36)12-13-27-33(5)16-15-28(40)32(3,4)26(33)14-17-35(27,34)7/h8-11,21,24,26-28,40H,12-20H2,1-7H3,(H,38,41)/t24?,26?,27?,28-,33-,34+,35+,36+/m0/s1. The van der Waals surface area contributed by atoms with Gasteiger partial charge in [-0.3, -0.25) is 9.59 Å². The second-order valence-electron chi connectivity index (χ2n) is 16.1. The van der Waals surface area contributed by atoms with Crippen molar-refractivity contribution in [3.8, 4) is 0 Å². The van der Waals surface area contributed by atoms with Crippen molar-refractivity contribution in [2.24, 2.45) is 50.7 Å². The minimum absolute atomic E-state index is 0.0101. The molecular formula is C36H50FNO3. The summed E-state index contributed by atoms with van der Waals surface area (Å²) in [7, 11) is 0. The molecule has 1 aromatic carbocycles. The first-order valence-corrected chi connectivity index (χ1v) is 16.1. The Labute approximate surface area is 245 Å². The van der Waals surface area contributed by atoms with Crippen molar-refractivity contribution in [2.75, 3.05) is 5.32 Å². The third-order valence-corrected chi connectivity index (χ3v) is 13.9. The van der Waals surface area contributed by atoms with Crippen LogP contribution >= 0.6 is 0 Å². The van der Waals surface area contributed by atoms with E-state index in [1.807, 2.05) is 0 Å². The monoisotopic (exact) mass is 563 g/mol. The summed E-state index contributed by atoms with van der Waals surface area (Å²) in [5, 5.41) is 14.1. The van der Waals surface area contributed by atoms with Gasteiger partial charge in [-0.1, -0.05) is 48.5 Å². The van der Waals surface area contributed by atoms with Gasteiger partial charge in [0.25, 0.3) is 0 Å². The molecule has 0 radical (unpaired) electrons. The Morgan fingerprint density at radius 2 is 1.59 bits per heavy atom. The molecule has 6 rings (SSSR count). The number of hydrogen-bond acceptors (Lipinski definition) is 3. The summed E-state index contributed by atoms with van der Waals surface area (Å²) in [5.74, 6) is 1.03. The fraction of sp³-hybridized carbons (Fsp3) is 0.722. The molecule has 5 heteroatoms. The van der Waals surface area contributed by atoms with Gasteiger partial charge in [0.15, 0.2) is 5.78 Å². The van der Waals surface area contributed by atoms with Crippen molar-refractivity contribution >= 4 is 17.4 Å². The van der Waals surface area contributed by atoms with Gasteiger partial charge in [-0.05, 0) is 132 Å². The van der Waals surface area contributed by atoms with Gasteiger partial charge in [0.2, 0.25) is 5.91 Å². The van der Waals surface area contributed by atoms with E-state index in [1.165, 1.54) is 12.1 Å². The highest BCUT2D eigenvalue weighted by Gasteiger charge is 2.70. The number of amides is 1. The summed E-state index contributed by atoms with van der Waals surface area (Å²) in [6, 6.07) is 5.94. The quantitative estimate of drug-likeness (QED) is 0.390. The van der Waals surface area contributed by atoms with E-state index < -0.39 is 5.41 Å². The molecule has 1 aromatic rings. The molecule has 0 aliphatic heterocycles. The van der Waals surface area contributed by atoms with Gasteiger partial charge in [0.05, 0.1) is 11.5 Å². The van der Waals surface area contributed by atoms with E-state index in [1.54, 1.807) is 12.1 Å². The summed E-state index contributed by atoms with van der Waals surface area (Å²) in [6.07, 6.45) is 7.93. The summed E-state index contributed by atoms with van der Waals surface area (Å²) < 4.78 is 13.6. The Morgan fingerprint density at radius 1 is 0.902 bits per heavy atom. The molecule has 0 aromatic heterocycles. The smallest absolute Gasteiger partial charge is 0.235 e. The number of Topliss-reactive ketones (excluding diaryl/α,β-unsaturated/α-hetero) is 1. The van der Waals surface area contributed by atoms with Crippen LogP contribution in [-0.4, -0.2) is 22.9 Å². The first-order valence-electron chi connectivity index (χ1n) is 16.1. The van der Waals surface area contributed by atoms with Crippen LogP contribution < -0.4 is 5.32 Å². The van der Waals surface area contributed by atoms with Gasteiger partial charge in [-0.15, -0.1) is 0 Å². The average Bonchev–Trinajstić information content (AvgIpc) is 3.21. The van der Waals surface area contributed by atoms with E-state index >= 15 is 0 Å². The number of carbonyl (C=O) groups is 2. The highest BCUT2D eigenvalue weighted by molar-refractivity contribution is 6.10. The number of rotatable bonds is 3. The van der Waals surface area contributed by atoms with E-state index in [4.69, 9.17) is 0 Å². The second kappa shape index (κ2) is 9.24. The molecule has 224 valence electrons. The molecule has 3 unspecified atom stereocenters. The number of halogens is 1. The number of hydrogen-bond donors (Lipinski definition) is 2. The SMILES string of the molecule is CC(C)C1=C2C3CCC4[C@@]5(C)CC[C@H](O)C(C)(C)C5CC[C@@]4(C)[C@]3(C)CC[C@@]2(C(=O)Nc2ccc(F)cc2)CC1=O. The lowest BCUT2D eigenvalue weighted by Crippen LogP contribution is -2.66. The number of benzene rings is 1. The second-order valence-corrected chi connectivity index (χ2v) is 16.1. The van der Waals surface area contributed by atoms with E-state index in [9.17, 15) is 19.1 Å². The van der Waals surface area contributed by atoms with Crippen molar-refractivity contribution < 1.29 is 19.1 Å². The van der Waals surface area contributed by atoms with Gasteiger partial charge < -0.3 is 10.4 Å². The van der Waals surface area contributed by atoms with E-state index in [2.05, 4.69) is 53.8 Å². The highest BCUT2D eigenvalue weighted by atomic mass is 19.1. The third-order valence-electron chi connectivity index (χ3n) is 13.9. The van der Waals surface area contributed by atoms with Crippen LogP contribution in [0.2, 0.25) is 0 Å². The molecule has 4 fully saturated rings. The zero-order valence-electron chi connectivity index (χ0n) is 26.2. The maximum Gasteiger partial charge on any atom is 0.235 e. The fourth-order valence-corrected chi connectivity index (χ4v) is 11.7. The lowest BCUT2D eigenvalue weighted by molar-refractivity contribution is -0.228. The number of ketones is 1. The topological polar surface area (TPSA) is 66.4 Å². The number of aliphatic hydroxyl groups is 1. The summed E-state index contributed by atoms with van der Waals surface area (Å²) in [5.41, 5.74) is 1.97. The number of anilines is 1. The first kappa shape index (κ1) is 29.1. The lowest BCUT2D eigenvalue weighted by Gasteiger charge is -2.72. The minimum atomic E-state index is -0.823. The predicted octanol–water partition coefficient (Wildman–Crippen LogP) is 8.11. The van der Waals surface area contributed by atoms with Crippen LogP contribution in [0.15, 0.2) is 35.4 Å². The van der Waals surface area contributed by atoms with Gasteiger partial charge in [-0.25, -0.2) is 4.39 Å². The van der Waals surface area contributed by atoms with Crippen molar-refractivity contribution in [2.45, 2.75) is 112 Å². The molecule has 4 saturated carbocycles. The first-order chi connectivity index (χ1) is 19.1. The van der Waals surface area contributed by atoms with Gasteiger partial charge in [0, 0.05) is 12.1 Å². The fourth-order valence-electron chi connectivity index (χ4n) is 11.7. The van der Waals surface area contributed by atoms with Crippen LogP contribution in [0.5, 0.6) is 0 Å². The van der Waals surface area contributed by atoms with Gasteiger partial charge in [-0.2, -0.15) is 0 Å². The number of nitrogens with one attached hydrogen (secondary N) is 1. The molecule has 2 N–H and O–H groups in total. The maximum atomic E-state index is 14.2. The Morgan fingerprint density at radius 3 is 2.24 bits per heavy atom. The number of aliphatic hydroxyl groups excluding tert-OH is 1. The van der Waals surface area contributed by atoms with Gasteiger partial charge >= 0.3 is 0 Å². The van der Waals surface area contributed by atoms with Crippen LogP contribution in [-0.2, 0) is 9.59 Å². The van der Waals surface area contributed by atoms with Crippen molar-refractivity contribution in [3.63, 3.8) is 0 Å². The van der Waals surface area contributed by atoms with E-state index in [0.717, 1.165) is 56.1 Å². The number of carbonyl (C=O) groups excluding carboxylic acids is 2. The largest absolute Gasteiger partial charge is 0.393 e. The molecule has 5 aliphatic rings. The van der Waals surface area contributed by atoms with Crippen LogP contribution in [0.4, 0.5) is 10.1 Å². The lowest BCUT2D eigenvalue weighted by atomic mass is 9.33. The van der Waals surface area contributed by atoms with Crippen LogP contribution in [0, 0.1) is 56.6 Å². The normalized spacial score (nSPS) is 43.2. The summed E-state index contributed by atoms with van der Waals surface area (Å²) in [4.78, 5) is 28.0. The predicted molar refractivity (Wildman–Crippen MR) is 160 cm³/mol. The van der Waals surface area contributed by atoms with Gasteiger partial charge in [0.1, 0.15) is 5.82 Å². The summed E-state index contributed by atoms with van der Waals surface area (Å²) >= 11 is 0. The van der Waals surface area contributed by atoms with Crippen molar-refractivity contribution in [1.82, 2.24) is 0 Å².